The summed E-state index contributed by atoms with van der Waals surface area (Å²) in [6, 6.07) is 3.53. The molecule has 0 aliphatic carbocycles. The lowest BCUT2D eigenvalue weighted by atomic mass is 9.97. The summed E-state index contributed by atoms with van der Waals surface area (Å²) in [7, 11) is 0. The second-order valence-corrected chi connectivity index (χ2v) is 7.21. The van der Waals surface area contributed by atoms with Crippen LogP contribution in [0.25, 0.3) is 0 Å². The van der Waals surface area contributed by atoms with Crippen LogP contribution in [0.5, 0.6) is 0 Å². The van der Waals surface area contributed by atoms with Gasteiger partial charge in [-0.25, -0.2) is 0 Å². The van der Waals surface area contributed by atoms with Crippen LogP contribution in [0.1, 0.15) is 19.4 Å². The van der Waals surface area contributed by atoms with E-state index in [1.54, 1.807) is 0 Å². The predicted octanol–water partition coefficient (Wildman–Crippen LogP) is 5.01. The third-order valence-electron chi connectivity index (χ3n) is 2.79. The van der Waals surface area contributed by atoms with Gasteiger partial charge < -0.3 is 5.32 Å². The molecular formula is C13H14BrF3N2S. The number of alkyl halides is 3. The Kier molecular flexibility index (Phi) is 4.39. The zero-order valence-corrected chi connectivity index (χ0v) is 13.4. The fourth-order valence-electron chi connectivity index (χ4n) is 1.63. The van der Waals surface area contributed by atoms with Gasteiger partial charge in [-0.2, -0.15) is 13.2 Å². The molecule has 1 heterocycles. The Morgan fingerprint density at radius 1 is 1.35 bits per heavy atom. The van der Waals surface area contributed by atoms with Crippen LogP contribution in [-0.2, 0) is 6.18 Å². The molecular weight excluding hydrogens is 353 g/mol. The summed E-state index contributed by atoms with van der Waals surface area (Å²) in [5, 5.41) is 3.62. The molecule has 2 nitrogen and oxygen atoms in total. The lowest BCUT2D eigenvalue weighted by Gasteiger charge is -2.27. The summed E-state index contributed by atoms with van der Waals surface area (Å²) in [5.74, 6) is 0.884. The second kappa shape index (κ2) is 5.60. The molecule has 1 aliphatic heterocycles. The van der Waals surface area contributed by atoms with Gasteiger partial charge in [0, 0.05) is 16.8 Å². The Morgan fingerprint density at radius 3 is 2.60 bits per heavy atom. The summed E-state index contributed by atoms with van der Waals surface area (Å²) >= 11 is 4.78. The molecule has 20 heavy (non-hydrogen) atoms. The highest BCUT2D eigenvalue weighted by molar-refractivity contribution is 9.10. The summed E-state index contributed by atoms with van der Waals surface area (Å²) in [6.07, 6.45) is -4.35. The maximum Gasteiger partial charge on any atom is 0.416 e. The van der Waals surface area contributed by atoms with Crippen LogP contribution in [0.2, 0.25) is 0 Å². The Labute approximate surface area is 128 Å². The van der Waals surface area contributed by atoms with Gasteiger partial charge in [0.2, 0.25) is 0 Å². The minimum atomic E-state index is -4.35. The van der Waals surface area contributed by atoms with E-state index in [4.69, 9.17) is 0 Å². The van der Waals surface area contributed by atoms with Gasteiger partial charge >= 0.3 is 6.18 Å². The van der Waals surface area contributed by atoms with Crippen LogP contribution < -0.4 is 5.32 Å². The Hall–Kier alpha value is -0.690. The van der Waals surface area contributed by atoms with Crippen LogP contribution in [0, 0.1) is 5.41 Å². The molecule has 1 aromatic rings. The van der Waals surface area contributed by atoms with E-state index in [1.807, 2.05) is 0 Å². The highest BCUT2D eigenvalue weighted by atomic mass is 79.9. The fourth-order valence-corrected chi connectivity index (χ4v) is 2.93. The molecule has 0 radical (unpaired) electrons. The van der Waals surface area contributed by atoms with Gasteiger partial charge in [-0.05, 0) is 39.5 Å². The number of aliphatic imine (C=N–C) groups is 1. The number of amidine groups is 1. The van der Waals surface area contributed by atoms with E-state index in [2.05, 4.69) is 40.1 Å². The second-order valence-electron chi connectivity index (χ2n) is 5.39. The number of hydrogen-bond acceptors (Lipinski definition) is 3. The molecule has 2 rings (SSSR count). The average Bonchev–Trinajstić information content (AvgIpc) is 2.33. The van der Waals surface area contributed by atoms with Gasteiger partial charge in [-0.15, -0.1) is 0 Å². The summed E-state index contributed by atoms with van der Waals surface area (Å²) in [4.78, 5) is 4.38. The first-order chi connectivity index (χ1) is 9.17. The van der Waals surface area contributed by atoms with Gasteiger partial charge in [-0.3, -0.25) is 4.99 Å². The van der Waals surface area contributed by atoms with Crippen molar-refractivity contribution >= 4 is 38.5 Å². The van der Waals surface area contributed by atoms with Crippen molar-refractivity contribution in [3.8, 4) is 0 Å². The number of thioether (sulfide) groups is 1. The summed E-state index contributed by atoms with van der Waals surface area (Å²) in [6.45, 7) is 4.89. The minimum Gasteiger partial charge on any atom is -0.334 e. The van der Waals surface area contributed by atoms with E-state index in [-0.39, 0.29) is 5.41 Å². The number of nitrogens with zero attached hydrogens (tertiary/aromatic N) is 1. The quantitative estimate of drug-likeness (QED) is 0.755. The Morgan fingerprint density at radius 2 is 2.05 bits per heavy atom. The van der Waals surface area contributed by atoms with Crippen LogP contribution in [0.3, 0.4) is 0 Å². The molecule has 0 saturated heterocycles. The normalized spacial score (nSPS) is 18.6. The molecule has 0 amide bonds. The van der Waals surface area contributed by atoms with Gasteiger partial charge in [0.1, 0.15) is 0 Å². The smallest absolute Gasteiger partial charge is 0.334 e. The highest BCUT2D eigenvalue weighted by Crippen LogP contribution is 2.35. The number of nitrogens with one attached hydrogen (secondary N) is 1. The number of halogens is 4. The minimum absolute atomic E-state index is 0.126. The molecule has 0 saturated carbocycles. The van der Waals surface area contributed by atoms with Crippen LogP contribution >= 0.6 is 27.7 Å². The molecule has 0 unspecified atom stereocenters. The van der Waals surface area contributed by atoms with E-state index in [9.17, 15) is 13.2 Å². The Bertz CT molecular complexity index is 541. The van der Waals surface area contributed by atoms with Gasteiger partial charge in [0.05, 0.1) is 11.3 Å². The summed E-state index contributed by atoms with van der Waals surface area (Å²) < 4.78 is 38.7. The molecule has 0 spiro atoms. The first kappa shape index (κ1) is 15.7. The molecule has 1 aromatic carbocycles. The predicted molar refractivity (Wildman–Crippen MR) is 81.3 cm³/mol. The topological polar surface area (TPSA) is 24.4 Å². The van der Waals surface area contributed by atoms with Crippen molar-refractivity contribution in [2.75, 3.05) is 17.6 Å². The molecule has 7 heteroatoms. The van der Waals surface area contributed by atoms with Crippen LogP contribution in [0.15, 0.2) is 27.7 Å². The zero-order chi connectivity index (χ0) is 15.0. The number of benzene rings is 1. The largest absolute Gasteiger partial charge is 0.416 e. The third-order valence-corrected chi connectivity index (χ3v) is 4.91. The maximum absolute atomic E-state index is 12.7. The van der Waals surface area contributed by atoms with E-state index < -0.39 is 11.7 Å². The van der Waals surface area contributed by atoms with Crippen molar-refractivity contribution in [2.45, 2.75) is 20.0 Å². The molecule has 0 atom stereocenters. The van der Waals surface area contributed by atoms with Crippen molar-refractivity contribution in [3.63, 3.8) is 0 Å². The van der Waals surface area contributed by atoms with Crippen molar-refractivity contribution < 1.29 is 13.2 Å². The van der Waals surface area contributed by atoms with Gasteiger partial charge in [0.25, 0.3) is 0 Å². The van der Waals surface area contributed by atoms with Crippen molar-refractivity contribution in [3.05, 3.63) is 28.2 Å². The Balaban J connectivity index is 2.20. The first-order valence-electron chi connectivity index (χ1n) is 5.98. The fraction of sp³-hybridized carbons (Fsp3) is 0.462. The van der Waals surface area contributed by atoms with E-state index in [0.29, 0.717) is 21.9 Å². The first-order valence-corrected chi connectivity index (χ1v) is 7.76. The van der Waals surface area contributed by atoms with Crippen LogP contribution in [-0.4, -0.2) is 17.5 Å². The van der Waals surface area contributed by atoms with E-state index in [1.165, 1.54) is 17.8 Å². The zero-order valence-electron chi connectivity index (χ0n) is 11.0. The van der Waals surface area contributed by atoms with Crippen molar-refractivity contribution in [1.82, 2.24) is 0 Å². The monoisotopic (exact) mass is 366 g/mol. The molecule has 0 bridgehead atoms. The third kappa shape index (κ3) is 3.91. The highest BCUT2D eigenvalue weighted by Gasteiger charge is 2.31. The van der Waals surface area contributed by atoms with Crippen LogP contribution in [0.4, 0.5) is 18.9 Å². The maximum atomic E-state index is 12.7. The van der Waals surface area contributed by atoms with E-state index in [0.717, 1.165) is 17.9 Å². The summed E-state index contributed by atoms with van der Waals surface area (Å²) in [5.41, 5.74) is -0.170. The number of rotatable bonds is 1. The van der Waals surface area contributed by atoms with Crippen molar-refractivity contribution in [2.24, 2.45) is 10.4 Å². The number of hydrogen-bond donors (Lipinski definition) is 1. The SMILES string of the molecule is CC1(C)CN=C(Nc2cc(C(F)(F)F)ccc2Br)SC1. The molecule has 1 aliphatic rings. The van der Waals surface area contributed by atoms with Gasteiger partial charge in [0.15, 0.2) is 5.17 Å². The molecule has 110 valence electrons. The lowest BCUT2D eigenvalue weighted by Crippen LogP contribution is -2.27. The molecule has 0 fully saturated rings. The average molecular weight is 367 g/mol. The standard InChI is InChI=1S/C13H14BrF3N2S/c1-12(2)6-18-11(20-7-12)19-10-5-8(13(15,16)17)3-4-9(10)14/h3-5H,6-7H2,1-2H3,(H,18,19). The molecule has 0 aromatic heterocycles. The number of anilines is 1. The van der Waals surface area contributed by atoms with E-state index >= 15 is 0 Å². The van der Waals surface area contributed by atoms with Gasteiger partial charge in [-0.1, -0.05) is 25.6 Å². The van der Waals surface area contributed by atoms with Crippen molar-refractivity contribution in [1.29, 1.82) is 0 Å². The molecule has 1 N–H and O–H groups in total. The lowest BCUT2D eigenvalue weighted by molar-refractivity contribution is -0.137.